The first kappa shape index (κ1) is 16.0. The molecule has 0 saturated heterocycles. The van der Waals surface area contributed by atoms with Crippen molar-refractivity contribution >= 4 is 21.8 Å². The van der Waals surface area contributed by atoms with Crippen molar-refractivity contribution < 1.29 is 4.21 Å². The van der Waals surface area contributed by atoms with Crippen LogP contribution in [0.3, 0.4) is 0 Å². The zero-order valence-corrected chi connectivity index (χ0v) is 13.9. The van der Waals surface area contributed by atoms with Crippen LogP contribution in [0.4, 0.5) is 0 Å². The Morgan fingerprint density at radius 3 is 2.62 bits per heavy atom. The fourth-order valence-corrected chi connectivity index (χ4v) is 2.98. The second-order valence-corrected chi connectivity index (χ2v) is 6.59. The minimum Gasteiger partial charge on any atom is -0.284 e. The first-order valence-electron chi connectivity index (χ1n) is 7.23. The third kappa shape index (κ3) is 2.72. The van der Waals surface area contributed by atoms with Gasteiger partial charge in [-0.2, -0.15) is 5.26 Å². The number of nitriles is 1. The molecule has 0 N–H and O–H groups in total. The third-order valence-corrected chi connectivity index (χ3v) is 4.51. The molecule has 0 spiro atoms. The van der Waals surface area contributed by atoms with Gasteiger partial charge in [0.15, 0.2) is 0 Å². The van der Waals surface area contributed by atoms with E-state index in [1.165, 1.54) is 23.1 Å². The van der Waals surface area contributed by atoms with Crippen LogP contribution >= 0.6 is 0 Å². The van der Waals surface area contributed by atoms with E-state index in [1.807, 2.05) is 43.3 Å². The lowest BCUT2D eigenvalue weighted by molar-refractivity contribution is 0.626. The monoisotopic (exact) mass is 338 g/mol. The van der Waals surface area contributed by atoms with Crippen LogP contribution in [0, 0.1) is 11.3 Å². The molecule has 0 aliphatic carbocycles. The Hall–Kier alpha value is -2.85. The molecule has 0 aliphatic heterocycles. The Kier molecular flexibility index (Phi) is 4.23. The van der Waals surface area contributed by atoms with Crippen LogP contribution in [0.1, 0.15) is 24.1 Å². The van der Waals surface area contributed by atoms with Crippen molar-refractivity contribution in [3.05, 3.63) is 64.1 Å². The molecule has 120 valence electrons. The van der Waals surface area contributed by atoms with Gasteiger partial charge in [-0.05, 0) is 18.6 Å². The predicted octanol–water partition coefficient (Wildman–Crippen LogP) is 2.01. The molecule has 6 nitrogen and oxygen atoms in total. The highest BCUT2D eigenvalue weighted by molar-refractivity contribution is 7.84. The van der Waals surface area contributed by atoms with Gasteiger partial charge in [0.25, 0.3) is 5.56 Å². The SMILES string of the molecule is CC(c1ccccc1)n1c(=O)c(C#N)cc2cnc(S(C)=O)nc21. The summed E-state index contributed by atoms with van der Waals surface area (Å²) in [4.78, 5) is 21.1. The highest BCUT2D eigenvalue weighted by Gasteiger charge is 2.18. The van der Waals surface area contributed by atoms with E-state index >= 15 is 0 Å². The molecular formula is C17H14N4O2S. The second kappa shape index (κ2) is 6.34. The fraction of sp³-hybridized carbons (Fsp3) is 0.176. The van der Waals surface area contributed by atoms with E-state index in [0.29, 0.717) is 11.0 Å². The number of hydrogen-bond donors (Lipinski definition) is 0. The molecule has 0 amide bonds. The molecule has 24 heavy (non-hydrogen) atoms. The Bertz CT molecular complexity index is 1040. The maximum Gasteiger partial charge on any atom is 0.270 e. The van der Waals surface area contributed by atoms with Crippen LogP contribution in [-0.4, -0.2) is 25.0 Å². The minimum absolute atomic E-state index is 0.0271. The van der Waals surface area contributed by atoms with Crippen LogP contribution < -0.4 is 5.56 Å². The van der Waals surface area contributed by atoms with Crippen LogP contribution in [-0.2, 0) is 10.8 Å². The summed E-state index contributed by atoms with van der Waals surface area (Å²) in [5.74, 6) is 0. The Labute approximate surface area is 140 Å². The van der Waals surface area contributed by atoms with Gasteiger partial charge in [-0.25, -0.2) is 9.97 Å². The largest absolute Gasteiger partial charge is 0.284 e. The van der Waals surface area contributed by atoms with Gasteiger partial charge >= 0.3 is 0 Å². The molecule has 0 radical (unpaired) electrons. The summed E-state index contributed by atoms with van der Waals surface area (Å²) in [6.45, 7) is 1.86. The molecule has 2 heterocycles. The molecule has 2 aromatic heterocycles. The van der Waals surface area contributed by atoms with Crippen molar-refractivity contribution in [2.45, 2.75) is 18.1 Å². The lowest BCUT2D eigenvalue weighted by atomic mass is 10.1. The Balaban J connectivity index is 2.37. The van der Waals surface area contributed by atoms with E-state index in [2.05, 4.69) is 9.97 Å². The van der Waals surface area contributed by atoms with Gasteiger partial charge in [0.1, 0.15) is 17.3 Å². The van der Waals surface area contributed by atoms with E-state index < -0.39 is 16.4 Å². The number of nitrogens with zero attached hydrogens (tertiary/aromatic N) is 4. The third-order valence-electron chi connectivity index (χ3n) is 3.80. The lowest BCUT2D eigenvalue weighted by Gasteiger charge is -2.18. The molecule has 3 rings (SSSR count). The predicted molar refractivity (Wildman–Crippen MR) is 91.1 cm³/mol. The first-order chi connectivity index (χ1) is 11.5. The van der Waals surface area contributed by atoms with E-state index in [-0.39, 0.29) is 16.8 Å². The van der Waals surface area contributed by atoms with Gasteiger partial charge in [-0.3, -0.25) is 13.6 Å². The van der Waals surface area contributed by atoms with Crippen LogP contribution in [0.15, 0.2) is 52.5 Å². The Morgan fingerprint density at radius 1 is 1.29 bits per heavy atom. The van der Waals surface area contributed by atoms with E-state index in [1.54, 1.807) is 0 Å². The van der Waals surface area contributed by atoms with Crippen LogP contribution in [0.5, 0.6) is 0 Å². The maximum absolute atomic E-state index is 12.7. The number of rotatable bonds is 3. The second-order valence-electron chi connectivity index (χ2n) is 5.32. The summed E-state index contributed by atoms with van der Waals surface area (Å²) >= 11 is 0. The highest BCUT2D eigenvalue weighted by Crippen LogP contribution is 2.21. The Morgan fingerprint density at radius 2 is 2.00 bits per heavy atom. The van der Waals surface area contributed by atoms with E-state index in [4.69, 9.17) is 0 Å². The maximum atomic E-state index is 12.7. The van der Waals surface area contributed by atoms with Crippen molar-refractivity contribution in [3.63, 3.8) is 0 Å². The van der Waals surface area contributed by atoms with E-state index in [9.17, 15) is 14.3 Å². The smallest absolute Gasteiger partial charge is 0.270 e. The van der Waals surface area contributed by atoms with Gasteiger partial charge in [-0.15, -0.1) is 0 Å². The van der Waals surface area contributed by atoms with Crippen molar-refractivity contribution in [1.29, 1.82) is 5.26 Å². The quantitative estimate of drug-likeness (QED) is 0.682. The molecule has 7 heteroatoms. The van der Waals surface area contributed by atoms with Crippen molar-refractivity contribution in [2.24, 2.45) is 0 Å². The van der Waals surface area contributed by atoms with Gasteiger partial charge in [-0.1, -0.05) is 30.3 Å². The van der Waals surface area contributed by atoms with Gasteiger partial charge in [0.2, 0.25) is 5.16 Å². The molecule has 0 bridgehead atoms. The zero-order chi connectivity index (χ0) is 17.3. The average Bonchev–Trinajstić information content (AvgIpc) is 2.61. The molecule has 2 atom stereocenters. The lowest BCUT2D eigenvalue weighted by Crippen LogP contribution is -2.27. The van der Waals surface area contributed by atoms with Crippen LogP contribution in [0.25, 0.3) is 11.0 Å². The standard InChI is InChI=1S/C17H14N4O2S/c1-11(12-6-4-3-5-7-12)21-15-14(8-13(9-18)16(21)22)10-19-17(20-15)24(2)23/h3-8,10-11H,1-2H3. The number of fused-ring (bicyclic) bond motifs is 1. The van der Waals surface area contributed by atoms with Crippen LogP contribution in [0.2, 0.25) is 0 Å². The fourth-order valence-electron chi connectivity index (χ4n) is 2.56. The van der Waals surface area contributed by atoms with E-state index in [0.717, 1.165) is 5.56 Å². The summed E-state index contributed by atoms with van der Waals surface area (Å²) in [5.41, 5.74) is 0.886. The summed E-state index contributed by atoms with van der Waals surface area (Å²) in [7, 11) is -1.37. The average molecular weight is 338 g/mol. The molecule has 3 aromatic rings. The number of benzene rings is 1. The molecule has 2 unspecified atom stereocenters. The molecule has 0 fully saturated rings. The summed E-state index contributed by atoms with van der Waals surface area (Å²) in [5, 5.41) is 9.96. The van der Waals surface area contributed by atoms with Gasteiger partial charge in [0.05, 0.1) is 16.8 Å². The van der Waals surface area contributed by atoms with Crippen molar-refractivity contribution in [3.8, 4) is 6.07 Å². The van der Waals surface area contributed by atoms with Gasteiger partial charge in [0, 0.05) is 17.8 Å². The molecule has 0 saturated carbocycles. The number of hydrogen-bond acceptors (Lipinski definition) is 5. The summed E-state index contributed by atoms with van der Waals surface area (Å²) in [6, 6.07) is 12.5. The minimum atomic E-state index is -1.37. The molecule has 0 aliphatic rings. The number of aromatic nitrogens is 3. The zero-order valence-electron chi connectivity index (χ0n) is 13.1. The molecule has 1 aromatic carbocycles. The molecular weight excluding hydrogens is 324 g/mol. The highest BCUT2D eigenvalue weighted by atomic mass is 32.2. The van der Waals surface area contributed by atoms with Gasteiger partial charge < -0.3 is 0 Å². The van der Waals surface area contributed by atoms with Crippen molar-refractivity contribution in [2.75, 3.05) is 6.26 Å². The number of pyridine rings is 1. The summed E-state index contributed by atoms with van der Waals surface area (Å²) < 4.78 is 13.2. The normalized spacial score (nSPS) is 13.4. The topological polar surface area (TPSA) is 88.6 Å². The van der Waals surface area contributed by atoms with Crippen molar-refractivity contribution in [1.82, 2.24) is 14.5 Å². The summed E-state index contributed by atoms with van der Waals surface area (Å²) in [6.07, 6.45) is 2.97. The first-order valence-corrected chi connectivity index (χ1v) is 8.79.